The second-order valence-electron chi connectivity index (χ2n) is 8.12. The van der Waals surface area contributed by atoms with Gasteiger partial charge in [-0.2, -0.15) is 5.26 Å². The Labute approximate surface area is 192 Å². The Bertz CT molecular complexity index is 1580. The summed E-state index contributed by atoms with van der Waals surface area (Å²) in [5.74, 6) is -1.59. The van der Waals surface area contributed by atoms with Gasteiger partial charge >= 0.3 is 5.69 Å². The quantitative estimate of drug-likeness (QED) is 0.613. The molecule has 0 fully saturated rings. The normalized spacial score (nSPS) is 18.5. The smallest absolute Gasteiger partial charge is 0.333 e. The number of aromatic nitrogens is 2. The molecule has 0 saturated heterocycles. The van der Waals surface area contributed by atoms with E-state index in [2.05, 4.69) is 0 Å². The van der Waals surface area contributed by atoms with Crippen LogP contribution in [0.15, 0.2) is 69.6 Å². The van der Waals surface area contributed by atoms with Gasteiger partial charge in [0, 0.05) is 25.3 Å². The number of carbonyl (C=O) groups excluding carboxylic acids is 1. The lowest BCUT2D eigenvalue weighted by atomic mass is 9.69. The molecule has 9 nitrogen and oxygen atoms in total. The molecule has 0 radical (unpaired) electrons. The number of nitrogens with two attached hydrogens (primary N) is 1. The molecule has 2 aliphatic rings. The molecule has 1 aromatic heterocycles. The number of amides is 1. The fraction of sp³-hybridized carbons (Fsp3) is 0.167. The number of fused-ring (bicyclic) bond motifs is 4. The van der Waals surface area contributed by atoms with Gasteiger partial charge in [0.25, 0.3) is 5.56 Å². The van der Waals surface area contributed by atoms with E-state index in [1.807, 2.05) is 6.07 Å². The molecule has 0 bridgehead atoms. The Morgan fingerprint density at radius 3 is 2.41 bits per heavy atom. The summed E-state index contributed by atoms with van der Waals surface area (Å²) in [7, 11) is 2.68. The fourth-order valence-electron chi connectivity index (χ4n) is 4.74. The van der Waals surface area contributed by atoms with Gasteiger partial charge in [0.05, 0.1) is 6.54 Å². The van der Waals surface area contributed by atoms with Crippen molar-refractivity contribution in [2.45, 2.75) is 12.0 Å². The Balaban J connectivity index is 1.87. The van der Waals surface area contributed by atoms with Crippen molar-refractivity contribution in [1.82, 2.24) is 9.13 Å². The van der Waals surface area contributed by atoms with Crippen LogP contribution < -0.4 is 26.6 Å². The molecule has 170 valence electrons. The zero-order valence-corrected chi connectivity index (χ0v) is 18.2. The first-order valence-electron chi connectivity index (χ1n) is 10.3. The summed E-state index contributed by atoms with van der Waals surface area (Å²) < 4.78 is 21.0. The van der Waals surface area contributed by atoms with Crippen LogP contribution in [-0.2, 0) is 30.8 Å². The number of halogens is 1. The molecule has 3 heterocycles. The second kappa shape index (κ2) is 7.18. The van der Waals surface area contributed by atoms with Crippen LogP contribution in [0.1, 0.15) is 16.7 Å². The number of anilines is 1. The molecular formula is C24H18FN5O4. The van der Waals surface area contributed by atoms with E-state index in [9.17, 15) is 24.0 Å². The third-order valence-corrected chi connectivity index (χ3v) is 6.34. The van der Waals surface area contributed by atoms with Crippen molar-refractivity contribution in [3.63, 3.8) is 0 Å². The fourth-order valence-corrected chi connectivity index (χ4v) is 4.74. The van der Waals surface area contributed by atoms with Gasteiger partial charge in [0.1, 0.15) is 23.0 Å². The van der Waals surface area contributed by atoms with E-state index in [-0.39, 0.29) is 29.4 Å². The summed E-state index contributed by atoms with van der Waals surface area (Å²) in [5.41, 5.74) is 3.79. The first kappa shape index (κ1) is 21.2. The van der Waals surface area contributed by atoms with E-state index in [0.29, 0.717) is 16.8 Å². The predicted molar refractivity (Wildman–Crippen MR) is 119 cm³/mol. The van der Waals surface area contributed by atoms with Crippen molar-refractivity contribution >= 4 is 11.6 Å². The van der Waals surface area contributed by atoms with Gasteiger partial charge < -0.3 is 15.4 Å². The zero-order valence-electron chi connectivity index (χ0n) is 18.2. The number of carbonyl (C=O) groups is 1. The summed E-state index contributed by atoms with van der Waals surface area (Å²) in [6.07, 6.45) is 0. The van der Waals surface area contributed by atoms with E-state index >= 15 is 0 Å². The van der Waals surface area contributed by atoms with E-state index in [1.165, 1.54) is 31.1 Å². The van der Waals surface area contributed by atoms with Gasteiger partial charge in [-0.05, 0) is 23.8 Å². The van der Waals surface area contributed by atoms with Crippen molar-refractivity contribution in [2.75, 3.05) is 4.90 Å². The van der Waals surface area contributed by atoms with E-state index < -0.39 is 28.4 Å². The number of nitriles is 1. The van der Waals surface area contributed by atoms with Gasteiger partial charge in [0.2, 0.25) is 17.7 Å². The molecule has 3 aromatic rings. The summed E-state index contributed by atoms with van der Waals surface area (Å²) in [6, 6.07) is 14.4. The summed E-state index contributed by atoms with van der Waals surface area (Å²) >= 11 is 0. The third kappa shape index (κ3) is 2.55. The highest BCUT2D eigenvalue weighted by Crippen LogP contribution is 2.54. The van der Waals surface area contributed by atoms with Crippen LogP contribution in [0.3, 0.4) is 0 Å². The molecule has 34 heavy (non-hydrogen) atoms. The van der Waals surface area contributed by atoms with E-state index in [1.54, 1.807) is 36.4 Å². The highest BCUT2D eigenvalue weighted by Gasteiger charge is 2.61. The number of hydrogen-bond acceptors (Lipinski definition) is 6. The minimum absolute atomic E-state index is 0.0543. The Kier molecular flexibility index (Phi) is 4.48. The number of nitrogens with zero attached hydrogens (tertiary/aromatic N) is 4. The van der Waals surface area contributed by atoms with Gasteiger partial charge in [-0.3, -0.25) is 18.7 Å². The molecule has 2 N–H and O–H groups in total. The molecule has 5 rings (SSSR count). The van der Waals surface area contributed by atoms with Crippen LogP contribution in [0.4, 0.5) is 10.1 Å². The maximum absolute atomic E-state index is 14.3. The molecule has 1 spiro atoms. The summed E-state index contributed by atoms with van der Waals surface area (Å²) in [4.78, 5) is 41.7. The Morgan fingerprint density at radius 2 is 1.74 bits per heavy atom. The molecule has 0 unspecified atom stereocenters. The lowest BCUT2D eigenvalue weighted by Gasteiger charge is -2.34. The van der Waals surface area contributed by atoms with Crippen LogP contribution >= 0.6 is 0 Å². The largest absolute Gasteiger partial charge is 0.423 e. The molecule has 1 atom stereocenters. The standard InChI is InChI=1S/C24H18FN5O4/c1-28-20(31)18-21(29(2)23(28)33)34-19(27)16(11-26)24(18)15-5-3-4-6-17(15)30(22(24)32)12-13-7-9-14(25)10-8-13/h3-10H,12,27H2,1-2H3/t24-/m0/s1. The molecule has 2 aromatic carbocycles. The summed E-state index contributed by atoms with van der Waals surface area (Å²) in [6.45, 7) is 0.0543. The minimum atomic E-state index is -1.91. The average Bonchev–Trinajstić information content (AvgIpc) is 3.06. The van der Waals surface area contributed by atoms with Crippen LogP contribution in [0.5, 0.6) is 5.88 Å². The van der Waals surface area contributed by atoms with Crippen LogP contribution in [-0.4, -0.2) is 15.0 Å². The second-order valence-corrected chi connectivity index (χ2v) is 8.12. The van der Waals surface area contributed by atoms with Crippen molar-refractivity contribution in [2.24, 2.45) is 19.8 Å². The van der Waals surface area contributed by atoms with Gasteiger partial charge in [-0.15, -0.1) is 0 Å². The lowest BCUT2D eigenvalue weighted by Crippen LogP contribution is -2.52. The monoisotopic (exact) mass is 459 g/mol. The number of ether oxygens (including phenoxy) is 1. The maximum Gasteiger partial charge on any atom is 0.333 e. The van der Waals surface area contributed by atoms with Gasteiger partial charge in [-0.25, -0.2) is 9.18 Å². The predicted octanol–water partition coefficient (Wildman–Crippen LogP) is 1.14. The maximum atomic E-state index is 14.3. The van der Waals surface area contributed by atoms with Crippen molar-refractivity contribution in [3.05, 3.63) is 103 Å². The zero-order chi connectivity index (χ0) is 24.4. The number of para-hydroxylation sites is 1. The first-order valence-corrected chi connectivity index (χ1v) is 10.3. The number of rotatable bonds is 2. The van der Waals surface area contributed by atoms with Crippen LogP contribution in [0.2, 0.25) is 0 Å². The van der Waals surface area contributed by atoms with Crippen molar-refractivity contribution < 1.29 is 13.9 Å². The molecule has 2 aliphatic heterocycles. The first-order chi connectivity index (χ1) is 16.2. The van der Waals surface area contributed by atoms with Crippen LogP contribution in [0, 0.1) is 17.1 Å². The van der Waals surface area contributed by atoms with E-state index in [0.717, 1.165) is 9.13 Å². The van der Waals surface area contributed by atoms with Gasteiger partial charge in [0.15, 0.2) is 5.41 Å². The van der Waals surface area contributed by atoms with Crippen molar-refractivity contribution in [3.8, 4) is 11.9 Å². The minimum Gasteiger partial charge on any atom is -0.423 e. The van der Waals surface area contributed by atoms with Gasteiger partial charge in [-0.1, -0.05) is 30.3 Å². The average molecular weight is 459 g/mol. The Morgan fingerprint density at radius 1 is 1.06 bits per heavy atom. The lowest BCUT2D eigenvalue weighted by molar-refractivity contribution is -0.121. The summed E-state index contributed by atoms with van der Waals surface area (Å²) in [5, 5.41) is 10.1. The number of benzene rings is 2. The molecule has 0 aliphatic carbocycles. The molecule has 1 amide bonds. The van der Waals surface area contributed by atoms with Crippen LogP contribution in [0.25, 0.3) is 0 Å². The number of hydrogen-bond donors (Lipinski definition) is 1. The third-order valence-electron chi connectivity index (χ3n) is 6.34. The topological polar surface area (TPSA) is 123 Å². The molecule has 0 saturated carbocycles. The highest BCUT2D eigenvalue weighted by atomic mass is 19.1. The molecule has 10 heteroatoms. The van der Waals surface area contributed by atoms with Crippen molar-refractivity contribution in [1.29, 1.82) is 5.26 Å². The highest BCUT2D eigenvalue weighted by molar-refractivity contribution is 6.14. The molecular weight excluding hydrogens is 441 g/mol. The SMILES string of the molecule is Cn1c2c(c(=O)n(C)c1=O)[C@@]1(C(=O)N(Cc3ccc(F)cc3)c3ccccc31)C(C#N)=C(N)O2. The Hall–Kier alpha value is -4.65. The van der Waals surface area contributed by atoms with E-state index in [4.69, 9.17) is 10.5 Å².